The van der Waals surface area contributed by atoms with Crippen LogP contribution in [0.4, 0.5) is 0 Å². The van der Waals surface area contributed by atoms with Gasteiger partial charge in [-0.2, -0.15) is 5.26 Å². The second-order valence-electron chi connectivity index (χ2n) is 5.57. The zero-order valence-corrected chi connectivity index (χ0v) is 12.9. The first-order chi connectivity index (χ1) is 10.4. The van der Waals surface area contributed by atoms with Gasteiger partial charge in [0.15, 0.2) is 5.78 Å². The minimum absolute atomic E-state index is 0.0180. The molecule has 1 aliphatic heterocycles. The van der Waals surface area contributed by atoms with E-state index >= 15 is 0 Å². The van der Waals surface area contributed by atoms with Crippen molar-refractivity contribution < 1.29 is 13.2 Å². The highest BCUT2D eigenvalue weighted by molar-refractivity contribution is 7.91. The summed E-state index contributed by atoms with van der Waals surface area (Å²) in [5.74, 6) is -0.116. The van der Waals surface area contributed by atoms with Gasteiger partial charge in [0.1, 0.15) is 0 Å². The third-order valence-corrected chi connectivity index (χ3v) is 5.70. The molecule has 0 aliphatic carbocycles. The second kappa shape index (κ2) is 4.79. The Morgan fingerprint density at radius 2 is 1.73 bits per heavy atom. The van der Waals surface area contributed by atoms with E-state index in [1.807, 2.05) is 19.9 Å². The number of benzene rings is 2. The molecule has 1 aliphatic rings. The molecule has 0 unspecified atom stereocenters. The molecule has 0 amide bonds. The van der Waals surface area contributed by atoms with E-state index in [0.717, 1.165) is 5.56 Å². The zero-order valence-electron chi connectivity index (χ0n) is 12.1. The lowest BCUT2D eigenvalue weighted by Crippen LogP contribution is -2.20. The molecular formula is C17H13NO3S. The van der Waals surface area contributed by atoms with Crippen LogP contribution in [-0.4, -0.2) is 14.2 Å². The monoisotopic (exact) mass is 311 g/mol. The van der Waals surface area contributed by atoms with E-state index in [1.165, 1.54) is 24.3 Å². The van der Waals surface area contributed by atoms with E-state index in [0.29, 0.717) is 0 Å². The molecule has 0 N–H and O–H groups in total. The third-order valence-electron chi connectivity index (χ3n) is 3.85. The normalized spacial score (nSPS) is 15.1. The molecule has 0 saturated heterocycles. The Morgan fingerprint density at radius 3 is 2.36 bits per heavy atom. The van der Waals surface area contributed by atoms with E-state index in [2.05, 4.69) is 0 Å². The van der Waals surface area contributed by atoms with Gasteiger partial charge in [-0.25, -0.2) is 8.42 Å². The van der Waals surface area contributed by atoms with Gasteiger partial charge in [-0.15, -0.1) is 0 Å². The number of sulfone groups is 1. The number of nitriles is 1. The van der Waals surface area contributed by atoms with Crippen LogP contribution >= 0.6 is 0 Å². The van der Waals surface area contributed by atoms with Crippen LogP contribution in [0.25, 0.3) is 0 Å². The lowest BCUT2D eigenvalue weighted by atomic mass is 9.96. The molecule has 0 fully saturated rings. The van der Waals surface area contributed by atoms with Gasteiger partial charge in [0.25, 0.3) is 0 Å². The molecular weight excluding hydrogens is 298 g/mol. The fourth-order valence-electron chi connectivity index (χ4n) is 2.58. The number of rotatable bonds is 1. The molecule has 0 bridgehead atoms. The zero-order chi connectivity index (χ0) is 16.1. The molecule has 2 aromatic carbocycles. The van der Waals surface area contributed by atoms with Crippen molar-refractivity contribution in [1.82, 2.24) is 0 Å². The highest BCUT2D eigenvalue weighted by atomic mass is 32.2. The topological polar surface area (TPSA) is 75.0 Å². The van der Waals surface area contributed by atoms with Gasteiger partial charge in [0.05, 0.1) is 21.4 Å². The quantitative estimate of drug-likeness (QED) is 0.692. The molecule has 0 radical (unpaired) electrons. The average molecular weight is 311 g/mol. The number of fused-ring (bicyclic) bond motifs is 2. The first-order valence-corrected chi connectivity index (χ1v) is 8.32. The van der Waals surface area contributed by atoms with E-state index in [1.54, 1.807) is 12.1 Å². The van der Waals surface area contributed by atoms with Gasteiger partial charge in [-0.1, -0.05) is 19.9 Å². The molecule has 5 heteroatoms. The maximum atomic E-state index is 12.7. The fraction of sp³-hybridized carbons (Fsp3) is 0.176. The number of nitrogens with zero attached hydrogens (tertiary/aromatic N) is 1. The Bertz CT molecular complexity index is 950. The summed E-state index contributed by atoms with van der Waals surface area (Å²) < 4.78 is 25.5. The maximum Gasteiger partial charge on any atom is 0.208 e. The average Bonchev–Trinajstić information content (AvgIpc) is 2.52. The number of carbonyl (C=O) groups is 1. The lowest BCUT2D eigenvalue weighted by molar-refractivity contribution is 0.103. The summed E-state index contributed by atoms with van der Waals surface area (Å²) in [5, 5.41) is 8.94. The summed E-state index contributed by atoms with van der Waals surface area (Å²) in [6.07, 6.45) is 0. The van der Waals surface area contributed by atoms with Gasteiger partial charge in [0, 0.05) is 11.1 Å². The number of hydrogen-bond donors (Lipinski definition) is 0. The molecule has 1 heterocycles. The van der Waals surface area contributed by atoms with E-state index < -0.39 is 9.84 Å². The number of hydrogen-bond acceptors (Lipinski definition) is 4. The number of carbonyl (C=O) groups excluding carboxylic acids is 1. The minimum atomic E-state index is -3.78. The Labute approximate surface area is 128 Å². The summed E-state index contributed by atoms with van der Waals surface area (Å²) in [7, 11) is -3.78. The van der Waals surface area contributed by atoms with Crippen molar-refractivity contribution in [3.63, 3.8) is 0 Å². The summed E-state index contributed by atoms with van der Waals surface area (Å²) in [6, 6.07) is 10.9. The Balaban J connectivity index is 2.33. The van der Waals surface area contributed by atoms with E-state index in [9.17, 15) is 13.2 Å². The summed E-state index contributed by atoms with van der Waals surface area (Å²) in [4.78, 5) is 12.6. The van der Waals surface area contributed by atoms with E-state index in [4.69, 9.17) is 5.26 Å². The van der Waals surface area contributed by atoms with Crippen molar-refractivity contribution >= 4 is 15.6 Å². The van der Waals surface area contributed by atoms with Crippen molar-refractivity contribution in [2.45, 2.75) is 29.6 Å². The van der Waals surface area contributed by atoms with Crippen LogP contribution in [-0.2, 0) is 9.84 Å². The van der Waals surface area contributed by atoms with Crippen molar-refractivity contribution in [1.29, 1.82) is 5.26 Å². The maximum absolute atomic E-state index is 12.7. The van der Waals surface area contributed by atoms with Gasteiger partial charge in [-0.3, -0.25) is 4.79 Å². The van der Waals surface area contributed by atoms with Gasteiger partial charge in [0.2, 0.25) is 9.84 Å². The molecule has 0 saturated carbocycles. The smallest absolute Gasteiger partial charge is 0.208 e. The number of ketones is 1. The predicted octanol–water partition coefficient (Wildman–Crippen LogP) is 3.06. The summed E-state index contributed by atoms with van der Waals surface area (Å²) >= 11 is 0. The highest BCUT2D eigenvalue weighted by Crippen LogP contribution is 2.36. The molecule has 0 spiro atoms. The molecule has 22 heavy (non-hydrogen) atoms. The molecule has 0 aromatic heterocycles. The van der Waals surface area contributed by atoms with Crippen LogP contribution in [0, 0.1) is 11.3 Å². The van der Waals surface area contributed by atoms with Crippen molar-refractivity contribution in [3.8, 4) is 6.07 Å². The van der Waals surface area contributed by atoms with Crippen LogP contribution in [0.15, 0.2) is 46.2 Å². The fourth-order valence-corrected chi connectivity index (χ4v) is 4.24. The van der Waals surface area contributed by atoms with Crippen LogP contribution in [0.2, 0.25) is 0 Å². The SMILES string of the molecule is CC(C)c1ccc2c(c1)C(=O)c1ccc(C#N)cc1S2(=O)=O. The minimum Gasteiger partial charge on any atom is -0.289 e. The van der Waals surface area contributed by atoms with Crippen LogP contribution in [0.3, 0.4) is 0 Å². The second-order valence-corrected chi connectivity index (χ2v) is 7.45. The molecule has 2 aromatic rings. The standard InChI is InChI=1S/C17H13NO3S/c1-10(2)12-4-6-15-14(8-12)17(19)13-5-3-11(9-18)7-16(13)22(15,20)21/h3-8,10H,1-2H3. The highest BCUT2D eigenvalue weighted by Gasteiger charge is 2.35. The molecule has 0 atom stereocenters. The molecule has 3 rings (SSSR count). The van der Waals surface area contributed by atoms with Gasteiger partial charge < -0.3 is 0 Å². The third kappa shape index (κ3) is 1.96. The van der Waals surface area contributed by atoms with Crippen molar-refractivity contribution in [3.05, 3.63) is 58.7 Å². The first kappa shape index (κ1) is 14.5. The van der Waals surface area contributed by atoms with Crippen molar-refractivity contribution in [2.75, 3.05) is 0 Å². The first-order valence-electron chi connectivity index (χ1n) is 6.84. The Hall–Kier alpha value is -2.45. The largest absolute Gasteiger partial charge is 0.289 e. The van der Waals surface area contributed by atoms with Crippen molar-refractivity contribution in [2.24, 2.45) is 0 Å². The summed E-state index contributed by atoms with van der Waals surface area (Å²) in [6.45, 7) is 3.97. The van der Waals surface area contributed by atoms with Crippen LogP contribution in [0.1, 0.15) is 46.8 Å². The lowest BCUT2D eigenvalue weighted by Gasteiger charge is -2.20. The summed E-state index contributed by atoms with van der Waals surface area (Å²) in [5.41, 5.74) is 1.48. The Kier molecular flexibility index (Phi) is 3.15. The van der Waals surface area contributed by atoms with Crippen LogP contribution in [0.5, 0.6) is 0 Å². The van der Waals surface area contributed by atoms with Gasteiger partial charge >= 0.3 is 0 Å². The Morgan fingerprint density at radius 1 is 1.00 bits per heavy atom. The molecule has 4 nitrogen and oxygen atoms in total. The predicted molar refractivity (Wildman–Crippen MR) is 80.6 cm³/mol. The van der Waals surface area contributed by atoms with Crippen LogP contribution < -0.4 is 0 Å². The van der Waals surface area contributed by atoms with E-state index in [-0.39, 0.29) is 38.2 Å². The van der Waals surface area contributed by atoms with Gasteiger partial charge in [-0.05, 0) is 41.8 Å². The molecule has 110 valence electrons.